The van der Waals surface area contributed by atoms with Crippen LogP contribution in [0.2, 0.25) is 0 Å². The van der Waals surface area contributed by atoms with Crippen LogP contribution in [0.5, 0.6) is 5.75 Å². The summed E-state index contributed by atoms with van der Waals surface area (Å²) in [7, 11) is 0. The van der Waals surface area contributed by atoms with E-state index in [1.807, 2.05) is 35.7 Å². The Balaban J connectivity index is 0.00000208. The van der Waals surface area contributed by atoms with Gasteiger partial charge in [0.2, 0.25) is 0 Å². The number of alkyl halides is 3. The summed E-state index contributed by atoms with van der Waals surface area (Å²) in [6, 6.07) is 15.2. The van der Waals surface area contributed by atoms with Gasteiger partial charge in [-0.05, 0) is 36.4 Å². The molecule has 3 aromatic rings. The molecule has 0 radical (unpaired) electrons. The number of halogens is 4. The molecule has 24 heavy (non-hydrogen) atoms. The summed E-state index contributed by atoms with van der Waals surface area (Å²) in [5, 5.41) is 5.72. The first-order chi connectivity index (χ1) is 11.0. The Morgan fingerprint density at radius 1 is 0.958 bits per heavy atom. The van der Waals surface area contributed by atoms with Crippen LogP contribution in [0.15, 0.2) is 60.0 Å². The van der Waals surface area contributed by atoms with Crippen LogP contribution in [0.25, 0.3) is 11.3 Å². The summed E-state index contributed by atoms with van der Waals surface area (Å²) in [6.45, 7) is 0. The molecule has 2 aromatic carbocycles. The van der Waals surface area contributed by atoms with E-state index in [1.165, 1.54) is 23.5 Å². The van der Waals surface area contributed by atoms with E-state index < -0.39 is 6.36 Å². The minimum Gasteiger partial charge on any atom is -1.00 e. The highest BCUT2D eigenvalue weighted by Gasteiger charge is 2.30. The third kappa shape index (κ3) is 4.97. The fourth-order valence-electron chi connectivity index (χ4n) is 1.94. The molecule has 8 heteroatoms. The number of nitrogens with one attached hydrogen (secondary N) is 1. The second-order valence-corrected chi connectivity index (χ2v) is 5.46. The number of hydrogen-bond donors (Lipinski definition) is 1. The van der Waals surface area contributed by atoms with E-state index in [0.717, 1.165) is 11.3 Å². The van der Waals surface area contributed by atoms with Gasteiger partial charge in [0.25, 0.3) is 0 Å². The molecule has 1 aromatic heterocycles. The van der Waals surface area contributed by atoms with Gasteiger partial charge in [0.15, 0.2) is 5.13 Å². The smallest absolute Gasteiger partial charge is 0.573 e. The second kappa shape index (κ2) is 7.67. The van der Waals surface area contributed by atoms with Crippen LogP contribution < -0.4 is 27.0 Å². The Labute approximate surface area is 150 Å². The maximum absolute atomic E-state index is 12.1. The molecular formula is C16H11BrF3N2OS-. The van der Waals surface area contributed by atoms with Gasteiger partial charge in [-0.1, -0.05) is 18.2 Å². The van der Waals surface area contributed by atoms with Crippen molar-refractivity contribution in [1.29, 1.82) is 0 Å². The van der Waals surface area contributed by atoms with Gasteiger partial charge in [-0.15, -0.1) is 24.5 Å². The Bertz CT molecular complexity index is 776. The van der Waals surface area contributed by atoms with Crippen LogP contribution >= 0.6 is 11.3 Å². The van der Waals surface area contributed by atoms with Gasteiger partial charge in [-0.2, -0.15) is 0 Å². The number of ether oxygens (including phenoxy) is 1. The third-order valence-corrected chi connectivity index (χ3v) is 3.67. The first-order valence-electron chi connectivity index (χ1n) is 6.63. The molecule has 0 fully saturated rings. The van der Waals surface area contributed by atoms with E-state index in [9.17, 15) is 13.2 Å². The Morgan fingerprint density at radius 2 is 1.62 bits per heavy atom. The zero-order valence-electron chi connectivity index (χ0n) is 12.0. The van der Waals surface area contributed by atoms with Crippen LogP contribution in [0.3, 0.4) is 0 Å². The van der Waals surface area contributed by atoms with E-state index in [0.29, 0.717) is 10.8 Å². The highest BCUT2D eigenvalue weighted by Crippen LogP contribution is 2.29. The van der Waals surface area contributed by atoms with E-state index >= 15 is 0 Å². The van der Waals surface area contributed by atoms with Crippen molar-refractivity contribution >= 4 is 22.2 Å². The van der Waals surface area contributed by atoms with Crippen molar-refractivity contribution in [2.75, 3.05) is 5.32 Å². The fraction of sp³-hybridized carbons (Fsp3) is 0.0625. The minimum atomic E-state index is -4.69. The van der Waals surface area contributed by atoms with Crippen molar-refractivity contribution in [3.05, 3.63) is 60.0 Å². The molecule has 0 spiro atoms. The van der Waals surface area contributed by atoms with Crippen LogP contribution in [-0.2, 0) is 0 Å². The summed E-state index contributed by atoms with van der Waals surface area (Å²) in [6.07, 6.45) is -4.69. The highest BCUT2D eigenvalue weighted by molar-refractivity contribution is 7.14. The van der Waals surface area contributed by atoms with Gasteiger partial charge >= 0.3 is 6.36 Å². The zero-order valence-corrected chi connectivity index (χ0v) is 14.5. The average Bonchev–Trinajstić information content (AvgIpc) is 2.96. The van der Waals surface area contributed by atoms with Crippen molar-refractivity contribution in [1.82, 2.24) is 4.98 Å². The number of para-hydroxylation sites is 1. The molecular weight excluding hydrogens is 405 g/mol. The van der Waals surface area contributed by atoms with Crippen molar-refractivity contribution in [3.63, 3.8) is 0 Å². The third-order valence-electron chi connectivity index (χ3n) is 2.91. The van der Waals surface area contributed by atoms with Gasteiger partial charge in [-0.25, -0.2) is 4.98 Å². The lowest BCUT2D eigenvalue weighted by atomic mass is 10.2. The number of aromatic nitrogens is 1. The van der Waals surface area contributed by atoms with Crippen LogP contribution in [0.4, 0.5) is 24.0 Å². The first-order valence-corrected chi connectivity index (χ1v) is 7.51. The summed E-state index contributed by atoms with van der Waals surface area (Å²) < 4.78 is 40.2. The molecule has 0 bridgehead atoms. The molecule has 0 aliphatic rings. The lowest BCUT2D eigenvalue weighted by Crippen LogP contribution is -3.00. The maximum atomic E-state index is 12.1. The molecule has 0 amide bonds. The normalized spacial score (nSPS) is 10.8. The standard InChI is InChI=1S/C16H11F3N2OS.BrH/c17-16(18,19)22-13-8-6-11(7-9-13)14-10-23-15(21-14)20-12-4-2-1-3-5-12;/h1-10H,(H,20,21);1H/p-1. The molecule has 3 rings (SSSR count). The fourth-order valence-corrected chi connectivity index (χ4v) is 2.68. The van der Waals surface area contributed by atoms with Crippen molar-refractivity contribution < 1.29 is 34.9 Å². The summed E-state index contributed by atoms with van der Waals surface area (Å²) in [5.74, 6) is -0.251. The minimum absolute atomic E-state index is 0. The molecule has 0 saturated heterocycles. The van der Waals surface area contributed by atoms with Crippen molar-refractivity contribution in [2.24, 2.45) is 0 Å². The van der Waals surface area contributed by atoms with E-state index in [4.69, 9.17) is 0 Å². The van der Waals surface area contributed by atoms with Crippen molar-refractivity contribution in [3.8, 4) is 17.0 Å². The molecule has 1 N–H and O–H groups in total. The molecule has 0 unspecified atom stereocenters. The summed E-state index contributed by atoms with van der Waals surface area (Å²) >= 11 is 1.42. The molecule has 1 heterocycles. The van der Waals surface area contributed by atoms with Gasteiger partial charge < -0.3 is 27.0 Å². The SMILES string of the molecule is FC(F)(F)Oc1ccc(-c2csc(Nc3ccccc3)n2)cc1.[Br-]. The largest absolute Gasteiger partial charge is 1.00 e. The number of anilines is 2. The maximum Gasteiger partial charge on any atom is 0.573 e. The number of rotatable bonds is 4. The highest BCUT2D eigenvalue weighted by atomic mass is 79.9. The number of hydrogen-bond acceptors (Lipinski definition) is 4. The van der Waals surface area contributed by atoms with Gasteiger partial charge in [0.1, 0.15) is 5.75 Å². The number of benzene rings is 2. The predicted octanol–water partition coefficient (Wildman–Crippen LogP) is 2.46. The molecule has 0 aliphatic heterocycles. The lowest BCUT2D eigenvalue weighted by Gasteiger charge is -2.08. The summed E-state index contributed by atoms with van der Waals surface area (Å²) in [4.78, 5) is 4.42. The number of thiazole rings is 1. The van der Waals surface area contributed by atoms with Crippen molar-refractivity contribution in [2.45, 2.75) is 6.36 Å². The molecule has 126 valence electrons. The molecule has 3 nitrogen and oxygen atoms in total. The average molecular weight is 416 g/mol. The number of nitrogens with zero attached hydrogens (tertiary/aromatic N) is 1. The monoisotopic (exact) mass is 415 g/mol. The van der Waals surface area contributed by atoms with Crippen LogP contribution in [-0.4, -0.2) is 11.3 Å². The van der Waals surface area contributed by atoms with Gasteiger partial charge in [0.05, 0.1) is 5.69 Å². The second-order valence-electron chi connectivity index (χ2n) is 4.60. The predicted molar refractivity (Wildman–Crippen MR) is 84.0 cm³/mol. The Kier molecular flexibility index (Phi) is 5.84. The van der Waals surface area contributed by atoms with E-state index in [1.54, 1.807) is 12.1 Å². The van der Waals surface area contributed by atoms with E-state index in [2.05, 4.69) is 15.0 Å². The van der Waals surface area contributed by atoms with E-state index in [-0.39, 0.29) is 22.7 Å². The zero-order chi connectivity index (χ0) is 16.3. The molecule has 0 atom stereocenters. The summed E-state index contributed by atoms with van der Waals surface area (Å²) in [5.41, 5.74) is 2.33. The van der Waals surface area contributed by atoms with Gasteiger partial charge in [0, 0.05) is 16.6 Å². The quantitative estimate of drug-likeness (QED) is 0.710. The van der Waals surface area contributed by atoms with Crippen LogP contribution in [0.1, 0.15) is 0 Å². The topological polar surface area (TPSA) is 34.1 Å². The molecule has 0 aliphatic carbocycles. The Hall–Kier alpha value is -2.06. The first kappa shape index (κ1) is 18.3. The Morgan fingerprint density at radius 3 is 2.25 bits per heavy atom. The lowest BCUT2D eigenvalue weighted by molar-refractivity contribution is -0.274. The van der Waals surface area contributed by atoms with Gasteiger partial charge in [-0.3, -0.25) is 0 Å². The molecule has 0 saturated carbocycles. The van der Waals surface area contributed by atoms with Crippen LogP contribution in [0, 0.1) is 0 Å².